The molecule has 0 spiro atoms. The second-order valence-electron chi connectivity index (χ2n) is 8.65. The fraction of sp³-hybridized carbons (Fsp3) is 0.292. The standard InChI is InChI=1S/C24H20F4N4O2/c1-24(2,33)22-29-10-12(11-30-22)14-7-19-17(8-15(14)25)31-21-16(26)9-18(32(19)21)13-5-3-4-6-20(13)34-23(27)28/h3-8,10-11,16,18,23,33H,9H2,1-2H3/t16-,18-/m1/s1. The van der Waals surface area contributed by atoms with Crippen LogP contribution >= 0.6 is 0 Å². The molecule has 0 unspecified atom stereocenters. The Morgan fingerprint density at radius 1 is 1.15 bits per heavy atom. The predicted octanol–water partition coefficient (Wildman–Crippen LogP) is 5.46. The van der Waals surface area contributed by atoms with Crippen molar-refractivity contribution in [2.75, 3.05) is 0 Å². The smallest absolute Gasteiger partial charge is 0.387 e. The highest BCUT2D eigenvalue weighted by Gasteiger charge is 2.37. The fourth-order valence-electron chi connectivity index (χ4n) is 4.32. The number of alkyl halides is 3. The highest BCUT2D eigenvalue weighted by atomic mass is 19.3. The lowest BCUT2D eigenvalue weighted by Gasteiger charge is -2.19. The molecule has 0 amide bonds. The average molecular weight is 472 g/mol. The summed E-state index contributed by atoms with van der Waals surface area (Å²) in [4.78, 5) is 12.5. The van der Waals surface area contributed by atoms with Gasteiger partial charge in [-0.05, 0) is 26.0 Å². The van der Waals surface area contributed by atoms with Crippen LogP contribution in [0.25, 0.3) is 22.2 Å². The second-order valence-corrected chi connectivity index (χ2v) is 8.65. The van der Waals surface area contributed by atoms with Gasteiger partial charge in [-0.1, -0.05) is 18.2 Å². The molecule has 1 aliphatic heterocycles. The third-order valence-electron chi connectivity index (χ3n) is 5.83. The zero-order valence-corrected chi connectivity index (χ0v) is 18.2. The first-order chi connectivity index (χ1) is 16.1. The Hall–Kier alpha value is -3.53. The van der Waals surface area contributed by atoms with Gasteiger partial charge in [0.25, 0.3) is 0 Å². The van der Waals surface area contributed by atoms with Crippen molar-refractivity contribution in [3.05, 3.63) is 71.8 Å². The Kier molecular flexibility index (Phi) is 5.27. The van der Waals surface area contributed by atoms with E-state index in [4.69, 9.17) is 0 Å². The van der Waals surface area contributed by atoms with Gasteiger partial charge in [-0.15, -0.1) is 0 Å². The molecule has 2 aromatic carbocycles. The number of hydrogen-bond donors (Lipinski definition) is 1. The van der Waals surface area contributed by atoms with Crippen LogP contribution in [0.2, 0.25) is 0 Å². The van der Waals surface area contributed by atoms with Gasteiger partial charge >= 0.3 is 6.61 Å². The van der Waals surface area contributed by atoms with Crippen molar-refractivity contribution in [1.82, 2.24) is 19.5 Å². The molecule has 4 aromatic rings. The SMILES string of the molecule is CC(C)(O)c1ncc(-c2cc3c(cc2F)nc2n3[C@@H](c3ccccc3OC(F)F)C[C@H]2F)cn1. The number of ether oxygens (including phenoxy) is 1. The molecular weight excluding hydrogens is 452 g/mol. The van der Waals surface area contributed by atoms with Gasteiger partial charge in [-0.2, -0.15) is 8.78 Å². The van der Waals surface area contributed by atoms with E-state index in [0.29, 0.717) is 16.6 Å². The largest absolute Gasteiger partial charge is 0.434 e. The van der Waals surface area contributed by atoms with Gasteiger partial charge in [-0.25, -0.2) is 23.7 Å². The van der Waals surface area contributed by atoms with E-state index in [1.54, 1.807) is 22.8 Å². The van der Waals surface area contributed by atoms with E-state index in [9.17, 15) is 22.7 Å². The van der Waals surface area contributed by atoms with E-state index < -0.39 is 30.2 Å². The van der Waals surface area contributed by atoms with Crippen molar-refractivity contribution in [2.24, 2.45) is 0 Å². The summed E-state index contributed by atoms with van der Waals surface area (Å²) in [5.41, 5.74) is 0.322. The number of aromatic nitrogens is 4. The van der Waals surface area contributed by atoms with E-state index in [1.807, 2.05) is 0 Å². The van der Waals surface area contributed by atoms with Gasteiger partial charge < -0.3 is 14.4 Å². The maximum Gasteiger partial charge on any atom is 0.387 e. The number of imidazole rings is 1. The van der Waals surface area contributed by atoms with E-state index in [1.165, 1.54) is 44.4 Å². The van der Waals surface area contributed by atoms with E-state index >= 15 is 0 Å². The zero-order valence-electron chi connectivity index (χ0n) is 18.2. The fourth-order valence-corrected chi connectivity index (χ4v) is 4.32. The minimum Gasteiger partial charge on any atom is -0.434 e. The summed E-state index contributed by atoms with van der Waals surface area (Å²) < 4.78 is 62.1. The van der Waals surface area contributed by atoms with Gasteiger partial charge in [0.2, 0.25) is 0 Å². The number of hydrogen-bond acceptors (Lipinski definition) is 5. The van der Waals surface area contributed by atoms with Crippen LogP contribution in [0.1, 0.15) is 49.7 Å². The van der Waals surface area contributed by atoms with Crippen molar-refractivity contribution in [3.8, 4) is 16.9 Å². The Labute approximate surface area is 191 Å². The Morgan fingerprint density at radius 3 is 2.53 bits per heavy atom. The Bertz CT molecular complexity index is 1370. The average Bonchev–Trinajstić information content (AvgIpc) is 3.29. The molecule has 1 N–H and O–H groups in total. The molecule has 0 saturated heterocycles. The predicted molar refractivity (Wildman–Crippen MR) is 116 cm³/mol. The molecule has 176 valence electrons. The molecule has 0 radical (unpaired) electrons. The van der Waals surface area contributed by atoms with Crippen LogP contribution in [-0.2, 0) is 5.60 Å². The molecule has 0 saturated carbocycles. The molecule has 0 bridgehead atoms. The monoisotopic (exact) mass is 472 g/mol. The highest BCUT2D eigenvalue weighted by Crippen LogP contribution is 2.46. The van der Waals surface area contributed by atoms with Crippen molar-refractivity contribution < 1.29 is 27.4 Å². The number of aliphatic hydroxyl groups is 1. The molecule has 0 fully saturated rings. The van der Waals surface area contributed by atoms with Crippen molar-refractivity contribution in [1.29, 1.82) is 0 Å². The van der Waals surface area contributed by atoms with E-state index in [0.717, 1.165) is 0 Å². The van der Waals surface area contributed by atoms with Crippen LogP contribution in [0.4, 0.5) is 17.6 Å². The first kappa shape index (κ1) is 22.3. The quantitative estimate of drug-likeness (QED) is 0.390. The highest BCUT2D eigenvalue weighted by molar-refractivity contribution is 5.83. The lowest BCUT2D eigenvalue weighted by Crippen LogP contribution is -2.19. The van der Waals surface area contributed by atoms with Gasteiger partial charge in [0, 0.05) is 41.6 Å². The molecule has 6 nitrogen and oxygen atoms in total. The lowest BCUT2D eigenvalue weighted by atomic mass is 10.0. The summed E-state index contributed by atoms with van der Waals surface area (Å²) in [5, 5.41) is 10.1. The molecule has 3 heterocycles. The van der Waals surface area contributed by atoms with Crippen molar-refractivity contribution in [2.45, 2.75) is 44.7 Å². The van der Waals surface area contributed by atoms with E-state index in [2.05, 4.69) is 19.7 Å². The first-order valence-electron chi connectivity index (χ1n) is 10.6. The van der Waals surface area contributed by atoms with Crippen LogP contribution in [0.15, 0.2) is 48.8 Å². The summed E-state index contributed by atoms with van der Waals surface area (Å²) in [6, 6.07) is 8.27. The summed E-state index contributed by atoms with van der Waals surface area (Å²) in [6.07, 6.45) is 1.32. The topological polar surface area (TPSA) is 73.1 Å². The number of halogens is 4. The third kappa shape index (κ3) is 3.77. The minimum atomic E-state index is -3.03. The maximum absolute atomic E-state index is 15.0. The first-order valence-corrected chi connectivity index (χ1v) is 10.6. The molecule has 5 rings (SSSR count). The summed E-state index contributed by atoms with van der Waals surface area (Å²) in [6.45, 7) is 0.0380. The van der Waals surface area contributed by atoms with Gasteiger partial charge in [0.05, 0.1) is 17.1 Å². The molecule has 34 heavy (non-hydrogen) atoms. The third-order valence-corrected chi connectivity index (χ3v) is 5.83. The van der Waals surface area contributed by atoms with Crippen LogP contribution < -0.4 is 4.74 Å². The van der Waals surface area contributed by atoms with Crippen molar-refractivity contribution >= 4 is 11.0 Å². The lowest BCUT2D eigenvalue weighted by molar-refractivity contribution is -0.0507. The molecule has 0 aliphatic carbocycles. The van der Waals surface area contributed by atoms with Crippen molar-refractivity contribution in [3.63, 3.8) is 0 Å². The van der Waals surface area contributed by atoms with Crippen LogP contribution in [0.3, 0.4) is 0 Å². The number of rotatable bonds is 5. The molecule has 1 aliphatic rings. The van der Waals surface area contributed by atoms with Gasteiger partial charge in [0.15, 0.2) is 12.0 Å². The summed E-state index contributed by atoms with van der Waals surface area (Å²) in [5.74, 6) is -0.379. The molecular formula is C24H20F4N4O2. The van der Waals surface area contributed by atoms with Gasteiger partial charge in [-0.3, -0.25) is 0 Å². The second kappa shape index (κ2) is 8.05. The summed E-state index contributed by atoms with van der Waals surface area (Å²) in [7, 11) is 0. The normalized spacial score (nSPS) is 18.0. The maximum atomic E-state index is 15.0. The molecule has 2 aromatic heterocycles. The van der Waals surface area contributed by atoms with Crippen LogP contribution in [0.5, 0.6) is 5.75 Å². The Balaban J connectivity index is 1.64. The Morgan fingerprint density at radius 2 is 1.85 bits per heavy atom. The molecule has 10 heteroatoms. The minimum absolute atomic E-state index is 0.0159. The summed E-state index contributed by atoms with van der Waals surface area (Å²) >= 11 is 0. The number of benzene rings is 2. The van der Waals surface area contributed by atoms with E-state index in [-0.39, 0.29) is 34.9 Å². The van der Waals surface area contributed by atoms with Gasteiger partial charge in [0.1, 0.15) is 23.0 Å². The number of para-hydroxylation sites is 1. The molecule has 2 atom stereocenters. The van der Waals surface area contributed by atoms with Crippen LogP contribution in [0, 0.1) is 5.82 Å². The number of nitrogens with zero attached hydrogens (tertiary/aromatic N) is 4. The van der Waals surface area contributed by atoms with Crippen LogP contribution in [-0.4, -0.2) is 31.2 Å². The zero-order chi connectivity index (χ0) is 24.2. The number of fused-ring (bicyclic) bond motifs is 3.